The monoisotopic (exact) mass is 268 g/mol. The topological polar surface area (TPSA) is 35.2 Å². The van der Waals surface area contributed by atoms with Crippen LogP contribution >= 0.6 is 0 Å². The number of hydrogen-bond donors (Lipinski definition) is 2. The zero-order chi connectivity index (χ0) is 13.5. The van der Waals surface area contributed by atoms with Crippen molar-refractivity contribution in [3.8, 4) is 0 Å². The molecule has 3 heterocycles. The van der Waals surface area contributed by atoms with Gasteiger partial charge in [-0.2, -0.15) is 0 Å². The lowest BCUT2D eigenvalue weighted by atomic mass is 9.82. The molecule has 0 amide bonds. The number of carbonyl (C=O) groups is 1. The van der Waals surface area contributed by atoms with E-state index in [0.29, 0.717) is 18.2 Å². The normalized spacial score (nSPS) is 45.4. The number of fused-ring (bicyclic) bond motifs is 2. The number of rotatable bonds is 2. The molecule has 1 unspecified atom stereocenters. The molecule has 1 spiro atoms. The smallest absolute Gasteiger partial charge is 0.315 e. The predicted molar refractivity (Wildman–Crippen MR) is 72.2 cm³/mol. The van der Waals surface area contributed by atoms with Gasteiger partial charge in [-0.1, -0.05) is 0 Å². The van der Waals surface area contributed by atoms with Crippen LogP contribution in [0, 0.1) is 5.92 Å². The zero-order valence-corrected chi connectivity index (χ0v) is 12.3. The molecule has 3 saturated heterocycles. The number of hydrogen-bond acceptors (Lipinski definition) is 2. The lowest BCUT2D eigenvalue weighted by Crippen LogP contribution is -3.23. The van der Waals surface area contributed by atoms with Crippen molar-refractivity contribution in [3.05, 3.63) is 0 Å². The van der Waals surface area contributed by atoms with Gasteiger partial charge in [0.15, 0.2) is 0 Å². The number of likely N-dealkylation sites (tertiary alicyclic amines) is 1. The Labute approximate surface area is 116 Å². The summed E-state index contributed by atoms with van der Waals surface area (Å²) in [6, 6.07) is 0.553. The van der Waals surface area contributed by atoms with Crippen LogP contribution in [0.3, 0.4) is 0 Å². The van der Waals surface area contributed by atoms with Gasteiger partial charge in [0.2, 0.25) is 0 Å². The highest BCUT2D eigenvalue weighted by Crippen LogP contribution is 2.34. The lowest BCUT2D eigenvalue weighted by Gasteiger charge is -2.39. The van der Waals surface area contributed by atoms with Crippen LogP contribution < -0.4 is 9.80 Å². The van der Waals surface area contributed by atoms with Crippen molar-refractivity contribution < 1.29 is 19.3 Å². The number of ether oxygens (including phenoxy) is 1. The maximum Gasteiger partial charge on any atom is 0.315 e. The van der Waals surface area contributed by atoms with E-state index in [0.717, 1.165) is 6.42 Å². The van der Waals surface area contributed by atoms with E-state index >= 15 is 0 Å². The fraction of sp³-hybridized carbons (Fsp3) is 0.933. The highest BCUT2D eigenvalue weighted by Gasteiger charge is 2.60. The van der Waals surface area contributed by atoms with Gasteiger partial charge >= 0.3 is 5.97 Å². The Morgan fingerprint density at radius 2 is 2.05 bits per heavy atom. The Bertz CT molecular complexity index is 350. The number of carbonyl (C=O) groups excluding carboxylic acids is 1. The van der Waals surface area contributed by atoms with Crippen molar-refractivity contribution in [2.45, 2.75) is 50.6 Å². The summed E-state index contributed by atoms with van der Waals surface area (Å²) in [4.78, 5) is 15.6. The summed E-state index contributed by atoms with van der Waals surface area (Å²) < 4.78 is 5.33. The van der Waals surface area contributed by atoms with Crippen LogP contribution in [0.1, 0.15) is 39.0 Å². The minimum Gasteiger partial charge on any atom is -0.466 e. The summed E-state index contributed by atoms with van der Waals surface area (Å²) in [5.74, 6) is 0.255. The minimum absolute atomic E-state index is 0.0788. The number of nitrogens with one attached hydrogen (secondary N) is 2. The molecule has 0 aromatic rings. The number of quaternary nitrogens is 2. The van der Waals surface area contributed by atoms with Crippen molar-refractivity contribution in [1.82, 2.24) is 0 Å². The van der Waals surface area contributed by atoms with Gasteiger partial charge in [-0.15, -0.1) is 0 Å². The van der Waals surface area contributed by atoms with Gasteiger partial charge in [-0.05, 0) is 6.92 Å². The van der Waals surface area contributed by atoms with Crippen molar-refractivity contribution in [1.29, 1.82) is 0 Å². The van der Waals surface area contributed by atoms with Crippen LogP contribution in [-0.4, -0.2) is 50.8 Å². The van der Waals surface area contributed by atoms with Crippen LogP contribution in [0.15, 0.2) is 0 Å². The van der Waals surface area contributed by atoms with Crippen molar-refractivity contribution >= 4 is 5.97 Å². The molecule has 3 aliphatic heterocycles. The third-order valence-corrected chi connectivity index (χ3v) is 5.84. The number of esters is 1. The van der Waals surface area contributed by atoms with E-state index in [9.17, 15) is 4.79 Å². The molecule has 3 aliphatic rings. The Morgan fingerprint density at radius 3 is 2.74 bits per heavy atom. The molecule has 3 rings (SSSR count). The number of piperidine rings is 1. The molecular formula is C15H28N2O2+2. The largest absolute Gasteiger partial charge is 0.466 e. The highest BCUT2D eigenvalue weighted by atomic mass is 16.5. The molecule has 19 heavy (non-hydrogen) atoms. The first kappa shape index (κ1) is 13.4. The van der Waals surface area contributed by atoms with Crippen molar-refractivity contribution in [2.24, 2.45) is 5.92 Å². The average molecular weight is 268 g/mol. The molecule has 3 atom stereocenters. The third-order valence-electron chi connectivity index (χ3n) is 5.84. The standard InChI is InChI=1S/C15H26N2O2/c1-3-19-14(18)12-11-15(6-9-16(2)10-7-15)17-8-4-5-13(12)17/h12-13H,3-11H2,1-2H3/p+2/t12-,13-/m1/s1. The molecule has 4 heteroatoms. The second-order valence-electron chi connectivity index (χ2n) is 6.82. The fourth-order valence-electron chi connectivity index (χ4n) is 4.85. The summed E-state index contributed by atoms with van der Waals surface area (Å²) in [5, 5.41) is 0. The SMILES string of the molecule is CCOC(=O)[C@@H]1CC2(CC[NH+](C)CC2)[NH+]2CCC[C@H]12. The molecule has 108 valence electrons. The van der Waals surface area contributed by atoms with E-state index in [2.05, 4.69) is 7.05 Å². The van der Waals surface area contributed by atoms with E-state index in [4.69, 9.17) is 4.74 Å². The molecule has 0 aliphatic carbocycles. The quantitative estimate of drug-likeness (QED) is 0.608. The van der Waals surface area contributed by atoms with E-state index in [1.807, 2.05) is 6.92 Å². The van der Waals surface area contributed by atoms with Crippen molar-refractivity contribution in [3.63, 3.8) is 0 Å². The van der Waals surface area contributed by atoms with Gasteiger partial charge in [0.05, 0.1) is 46.1 Å². The summed E-state index contributed by atoms with van der Waals surface area (Å²) >= 11 is 0. The first-order valence-electron chi connectivity index (χ1n) is 8.00. The molecule has 0 bridgehead atoms. The van der Waals surface area contributed by atoms with Crippen LogP contribution in [-0.2, 0) is 9.53 Å². The molecule has 3 fully saturated rings. The maximum absolute atomic E-state index is 12.2. The second kappa shape index (κ2) is 5.06. The van der Waals surface area contributed by atoms with Gasteiger partial charge < -0.3 is 14.5 Å². The first-order chi connectivity index (χ1) is 9.16. The van der Waals surface area contributed by atoms with Crippen LogP contribution in [0.5, 0.6) is 0 Å². The van der Waals surface area contributed by atoms with Gasteiger partial charge in [-0.25, -0.2) is 0 Å². The first-order valence-corrected chi connectivity index (χ1v) is 8.00. The van der Waals surface area contributed by atoms with Crippen molar-refractivity contribution in [2.75, 3.05) is 33.3 Å². The third kappa shape index (κ3) is 2.19. The Hall–Kier alpha value is -0.610. The lowest BCUT2D eigenvalue weighted by molar-refractivity contribution is -0.973. The molecular weight excluding hydrogens is 240 g/mol. The predicted octanol–water partition coefficient (Wildman–Crippen LogP) is -1.34. The molecule has 0 aromatic carbocycles. The minimum atomic E-state index is 0.0788. The molecule has 4 nitrogen and oxygen atoms in total. The molecule has 2 N–H and O–H groups in total. The highest BCUT2D eigenvalue weighted by molar-refractivity contribution is 5.73. The van der Waals surface area contributed by atoms with E-state index < -0.39 is 0 Å². The second-order valence-corrected chi connectivity index (χ2v) is 6.82. The Kier molecular flexibility index (Phi) is 3.56. The van der Waals surface area contributed by atoms with Gasteiger partial charge in [-0.3, -0.25) is 4.79 Å². The van der Waals surface area contributed by atoms with Crippen LogP contribution in [0.25, 0.3) is 0 Å². The van der Waals surface area contributed by atoms with Gasteiger partial charge in [0.1, 0.15) is 17.5 Å². The Balaban J connectivity index is 1.78. The fourth-order valence-corrected chi connectivity index (χ4v) is 4.85. The van der Waals surface area contributed by atoms with Crippen LogP contribution in [0.4, 0.5) is 0 Å². The van der Waals surface area contributed by atoms with Gasteiger partial charge in [0, 0.05) is 19.3 Å². The maximum atomic E-state index is 12.2. The summed E-state index contributed by atoms with van der Waals surface area (Å²) in [5.41, 5.74) is 0.401. The van der Waals surface area contributed by atoms with Crippen LogP contribution in [0.2, 0.25) is 0 Å². The van der Waals surface area contributed by atoms with E-state index in [-0.39, 0.29) is 11.9 Å². The van der Waals surface area contributed by atoms with E-state index in [1.54, 1.807) is 9.80 Å². The van der Waals surface area contributed by atoms with Gasteiger partial charge in [0.25, 0.3) is 0 Å². The molecule has 0 radical (unpaired) electrons. The summed E-state index contributed by atoms with van der Waals surface area (Å²) in [6.45, 7) is 6.26. The summed E-state index contributed by atoms with van der Waals surface area (Å²) in [6.07, 6.45) is 6.18. The zero-order valence-electron chi connectivity index (χ0n) is 12.3. The van der Waals surface area contributed by atoms with E-state index in [1.165, 1.54) is 45.3 Å². The summed E-state index contributed by atoms with van der Waals surface area (Å²) in [7, 11) is 2.29. The molecule has 0 aromatic heterocycles. The molecule has 0 saturated carbocycles. The Morgan fingerprint density at radius 1 is 1.32 bits per heavy atom. The average Bonchev–Trinajstić information content (AvgIpc) is 2.97.